The Morgan fingerprint density at radius 2 is 0.959 bits per heavy atom. The Kier molecular flexibility index (Phi) is 6.89. The normalized spacial score (nSPS) is 12.2. The molecule has 4 aromatic carbocycles. The Balaban J connectivity index is 1.17. The van der Waals surface area contributed by atoms with Crippen molar-refractivity contribution >= 4 is 21.8 Å². The van der Waals surface area contributed by atoms with Gasteiger partial charge in [-0.3, -0.25) is 4.57 Å². The van der Waals surface area contributed by atoms with E-state index in [0.717, 1.165) is 27.4 Å². The number of aromatic nitrogens is 5. The maximum atomic E-state index is 8.04. The second-order valence-corrected chi connectivity index (χ2v) is 11.2. The second kappa shape index (κ2) is 12.8. The Hall–Kier alpha value is -6.74. The molecule has 8 aromatic rings. The van der Waals surface area contributed by atoms with Gasteiger partial charge in [-0.25, -0.2) is 19.9 Å². The van der Waals surface area contributed by atoms with E-state index in [1.165, 1.54) is 12.1 Å². The minimum absolute atomic E-state index is 0.0698. The third-order valence-electron chi connectivity index (χ3n) is 7.56. The summed E-state index contributed by atoms with van der Waals surface area (Å²) in [7, 11) is 0. The Morgan fingerprint density at radius 1 is 0.469 bits per heavy atom. The van der Waals surface area contributed by atoms with E-state index in [1.54, 1.807) is 61.2 Å². The van der Waals surface area contributed by atoms with Crippen LogP contribution in [0.2, 0.25) is 0 Å². The molecule has 8 rings (SSSR count). The molecular weight excluding hydrogens is 614 g/mol. The third-order valence-corrected chi connectivity index (χ3v) is 7.56. The number of fused-ring (bicyclic) bond motifs is 3. The van der Waals surface area contributed by atoms with Gasteiger partial charge in [-0.15, -0.1) is 0 Å². The van der Waals surface area contributed by atoms with Gasteiger partial charge in [0.15, 0.2) is 0 Å². The van der Waals surface area contributed by atoms with Crippen LogP contribution in [-0.2, 0) is 0 Å². The van der Waals surface area contributed by atoms with Crippen molar-refractivity contribution in [3.63, 3.8) is 0 Å². The summed E-state index contributed by atoms with van der Waals surface area (Å²) in [4.78, 5) is 17.6. The summed E-state index contributed by atoms with van der Waals surface area (Å²) in [6.45, 7) is -0.423. The fraction of sp³-hybridized carbons (Fsp3) is 0.0500. The zero-order valence-electron chi connectivity index (χ0n) is 29.1. The average Bonchev–Trinajstić information content (AvgIpc) is 3.45. The van der Waals surface area contributed by atoms with Gasteiger partial charge in [0, 0.05) is 76.1 Å². The largest absolute Gasteiger partial charge is 0.457 e. The van der Waals surface area contributed by atoms with Crippen molar-refractivity contribution in [3.05, 3.63) is 151 Å². The molecule has 0 aliphatic carbocycles. The van der Waals surface area contributed by atoms with Crippen LogP contribution in [0, 0.1) is 13.8 Å². The zero-order chi connectivity index (χ0) is 35.7. The van der Waals surface area contributed by atoms with Gasteiger partial charge in [0.2, 0.25) is 17.7 Å². The van der Waals surface area contributed by atoms with Crippen molar-refractivity contribution in [1.29, 1.82) is 0 Å². The van der Waals surface area contributed by atoms with Gasteiger partial charge in [0.25, 0.3) is 0 Å². The lowest BCUT2D eigenvalue weighted by Crippen LogP contribution is -2.00. The van der Waals surface area contributed by atoms with Crippen LogP contribution in [0.4, 0.5) is 0 Å². The molecule has 238 valence electrons. The molecule has 49 heavy (non-hydrogen) atoms. The number of rotatable bonds is 9. The van der Waals surface area contributed by atoms with Gasteiger partial charge in [-0.1, -0.05) is 12.1 Å². The van der Waals surface area contributed by atoms with Gasteiger partial charge in [0.1, 0.15) is 34.5 Å². The number of pyridine rings is 2. The molecular formula is C40H29N5O4. The summed E-state index contributed by atoms with van der Waals surface area (Å²) < 4.78 is 50.6. The lowest BCUT2D eigenvalue weighted by Gasteiger charge is -2.11. The molecule has 0 amide bonds. The SMILES string of the molecule is [2H]C([2H])([2H])c1cc(Oc2ccc3c4ccc(Oc5cc(C)cc(Oc6ccccn6)c5)cc4n(-c4ncccn4)c3c2)cc(Oc2ccccn2)c1. The molecule has 0 spiro atoms. The maximum absolute atomic E-state index is 8.04. The van der Waals surface area contributed by atoms with Crippen molar-refractivity contribution < 1.29 is 23.1 Å². The molecule has 0 atom stereocenters. The van der Waals surface area contributed by atoms with Crippen LogP contribution in [-0.4, -0.2) is 24.5 Å². The van der Waals surface area contributed by atoms with Crippen LogP contribution in [0.1, 0.15) is 15.2 Å². The van der Waals surface area contributed by atoms with Crippen LogP contribution in [0.15, 0.2) is 140 Å². The number of benzene rings is 4. The van der Waals surface area contributed by atoms with Gasteiger partial charge in [-0.05, 0) is 91.6 Å². The van der Waals surface area contributed by atoms with E-state index in [1.807, 2.05) is 78.2 Å². The van der Waals surface area contributed by atoms with E-state index in [0.29, 0.717) is 40.7 Å². The number of aryl methyl sites for hydroxylation is 2. The predicted octanol–water partition coefficient (Wildman–Crippen LogP) is 10.1. The predicted molar refractivity (Wildman–Crippen MR) is 187 cm³/mol. The van der Waals surface area contributed by atoms with E-state index in [2.05, 4.69) is 19.9 Å². The summed E-state index contributed by atoms with van der Waals surface area (Å²) >= 11 is 0. The van der Waals surface area contributed by atoms with Gasteiger partial charge >= 0.3 is 0 Å². The van der Waals surface area contributed by atoms with Crippen LogP contribution >= 0.6 is 0 Å². The Bertz CT molecular complexity index is 2530. The van der Waals surface area contributed by atoms with Crippen LogP contribution in [0.5, 0.6) is 46.3 Å². The van der Waals surface area contributed by atoms with Crippen LogP contribution in [0.25, 0.3) is 27.8 Å². The fourth-order valence-corrected chi connectivity index (χ4v) is 5.58. The van der Waals surface area contributed by atoms with E-state index in [-0.39, 0.29) is 17.1 Å². The summed E-state index contributed by atoms with van der Waals surface area (Å²) in [6.07, 6.45) is 6.63. The minimum atomic E-state index is -2.39. The molecule has 9 heteroatoms. The molecule has 9 nitrogen and oxygen atoms in total. The summed E-state index contributed by atoms with van der Waals surface area (Å²) in [5.74, 6) is 4.11. The first-order chi connectivity index (χ1) is 25.2. The number of hydrogen-bond donors (Lipinski definition) is 0. The van der Waals surface area contributed by atoms with Gasteiger partial charge < -0.3 is 18.9 Å². The smallest absolute Gasteiger partial charge is 0.234 e. The summed E-state index contributed by atoms with van der Waals surface area (Å²) in [6, 6.07) is 34.2. The molecule has 0 aliphatic rings. The zero-order valence-corrected chi connectivity index (χ0v) is 26.1. The molecule has 0 aliphatic heterocycles. The number of nitrogens with zero attached hydrogens (tertiary/aromatic N) is 5. The summed E-state index contributed by atoms with van der Waals surface area (Å²) in [5.41, 5.74) is 2.61. The average molecular weight is 647 g/mol. The van der Waals surface area contributed by atoms with Crippen LogP contribution < -0.4 is 18.9 Å². The topological polar surface area (TPSA) is 93.4 Å². The molecule has 4 heterocycles. The maximum Gasteiger partial charge on any atom is 0.234 e. The minimum Gasteiger partial charge on any atom is -0.457 e. The van der Waals surface area contributed by atoms with E-state index in [9.17, 15) is 0 Å². The van der Waals surface area contributed by atoms with E-state index >= 15 is 0 Å². The van der Waals surface area contributed by atoms with Crippen molar-refractivity contribution in [2.45, 2.75) is 13.8 Å². The number of hydrogen-bond acceptors (Lipinski definition) is 8. The highest BCUT2D eigenvalue weighted by atomic mass is 16.5. The molecule has 0 fully saturated rings. The molecule has 0 saturated carbocycles. The lowest BCUT2D eigenvalue weighted by molar-refractivity contribution is 0.448. The lowest BCUT2D eigenvalue weighted by atomic mass is 10.1. The highest BCUT2D eigenvalue weighted by Crippen LogP contribution is 2.38. The second-order valence-electron chi connectivity index (χ2n) is 11.2. The van der Waals surface area contributed by atoms with Gasteiger partial charge in [0.05, 0.1) is 11.0 Å². The molecule has 0 bridgehead atoms. The first-order valence-corrected chi connectivity index (χ1v) is 15.4. The van der Waals surface area contributed by atoms with Crippen molar-refractivity contribution in [2.75, 3.05) is 0 Å². The third kappa shape index (κ3) is 6.45. The number of ether oxygens (including phenoxy) is 4. The van der Waals surface area contributed by atoms with E-state index < -0.39 is 6.85 Å². The first kappa shape index (κ1) is 26.3. The molecule has 0 radical (unpaired) electrons. The Morgan fingerprint density at radius 3 is 1.45 bits per heavy atom. The van der Waals surface area contributed by atoms with Crippen molar-refractivity contribution in [2.24, 2.45) is 0 Å². The first-order valence-electron chi connectivity index (χ1n) is 16.9. The standard InChI is InChI=1S/C40H29N5O4/c1-26-18-30(22-32(20-26)48-38-8-3-5-14-41-38)46-28-10-12-34-35-13-11-29(25-37(35)45(36(34)24-28)40-43-16-7-17-44-40)47-31-19-27(2)21-33(23-31)49-39-9-4-6-15-42-39/h3-25H,1-2H3/i1D3. The monoisotopic (exact) mass is 646 g/mol. The van der Waals surface area contributed by atoms with Gasteiger partial charge in [-0.2, -0.15) is 0 Å². The highest BCUT2D eigenvalue weighted by molar-refractivity contribution is 6.09. The molecule has 0 unspecified atom stereocenters. The molecule has 4 aromatic heterocycles. The Labute approximate surface area is 286 Å². The summed E-state index contributed by atoms with van der Waals surface area (Å²) in [5, 5.41) is 1.87. The fourth-order valence-electron chi connectivity index (χ4n) is 5.58. The van der Waals surface area contributed by atoms with Crippen molar-refractivity contribution in [1.82, 2.24) is 24.5 Å². The quantitative estimate of drug-likeness (QED) is 0.153. The molecule has 0 N–H and O–H groups in total. The van der Waals surface area contributed by atoms with Crippen molar-refractivity contribution in [3.8, 4) is 52.2 Å². The van der Waals surface area contributed by atoms with E-state index in [4.69, 9.17) is 23.1 Å². The van der Waals surface area contributed by atoms with Crippen LogP contribution in [0.3, 0.4) is 0 Å². The molecule has 0 saturated heterocycles. The highest BCUT2D eigenvalue weighted by Gasteiger charge is 2.17.